The van der Waals surface area contributed by atoms with Crippen molar-refractivity contribution in [2.45, 2.75) is 42.8 Å². The Balaban J connectivity index is 1.50. The van der Waals surface area contributed by atoms with Gasteiger partial charge >= 0.3 is 0 Å². The van der Waals surface area contributed by atoms with Crippen LogP contribution in [0.25, 0.3) is 11.1 Å². The molecule has 1 saturated carbocycles. The average Bonchev–Trinajstić information content (AvgIpc) is 3.51. The van der Waals surface area contributed by atoms with E-state index in [0.29, 0.717) is 23.0 Å². The molecule has 1 heterocycles. The zero-order valence-electron chi connectivity index (χ0n) is 18.2. The van der Waals surface area contributed by atoms with Crippen molar-refractivity contribution in [3.63, 3.8) is 0 Å². The van der Waals surface area contributed by atoms with Crippen LogP contribution in [-0.4, -0.2) is 38.7 Å². The number of rotatable bonds is 6. The summed E-state index contributed by atoms with van der Waals surface area (Å²) < 4.78 is 38.9. The number of fused-ring (bicyclic) bond motifs is 1. The third kappa shape index (κ3) is 4.61. The van der Waals surface area contributed by atoms with Crippen LogP contribution < -0.4 is 10.6 Å². The Morgan fingerprint density at radius 3 is 2.45 bits per heavy atom. The third-order valence-corrected chi connectivity index (χ3v) is 7.61. The van der Waals surface area contributed by atoms with E-state index >= 15 is 0 Å². The minimum Gasteiger partial charge on any atom is -0.339 e. The fraction of sp³-hybridized carbons (Fsp3) is 0.375. The first-order valence-corrected chi connectivity index (χ1v) is 12.5. The second-order valence-electron chi connectivity index (χ2n) is 8.79. The van der Waals surface area contributed by atoms with Gasteiger partial charge in [0, 0.05) is 18.7 Å². The fourth-order valence-corrected chi connectivity index (χ4v) is 5.45. The smallest absolute Gasteiger partial charge is 0.238 e. The number of nitrogens with zero attached hydrogens (tertiary/aromatic N) is 2. The van der Waals surface area contributed by atoms with Gasteiger partial charge in [-0.05, 0) is 60.1 Å². The first kappa shape index (κ1) is 22.9. The third-order valence-electron chi connectivity index (χ3n) is 6.47. The molecule has 2 aromatic rings. The summed E-state index contributed by atoms with van der Waals surface area (Å²) in [6.45, 7) is 2.05. The molecule has 9 heteroatoms. The summed E-state index contributed by atoms with van der Waals surface area (Å²) in [6, 6.07) is 11.7. The highest BCUT2D eigenvalue weighted by atomic mass is 32.2. The van der Waals surface area contributed by atoms with Crippen LogP contribution in [0.3, 0.4) is 0 Å². The Morgan fingerprint density at radius 2 is 1.91 bits per heavy atom. The Labute approximate surface area is 192 Å². The van der Waals surface area contributed by atoms with E-state index in [1.807, 2.05) is 19.1 Å². The second-order valence-corrected chi connectivity index (χ2v) is 10.8. The molecule has 0 bridgehead atoms. The molecule has 2 fully saturated rings. The number of piperidine rings is 1. The van der Waals surface area contributed by atoms with Crippen molar-refractivity contribution in [2.24, 2.45) is 11.8 Å². The molecule has 2 aromatic carbocycles. The number of amides is 1. The molecule has 1 aliphatic carbocycles. The van der Waals surface area contributed by atoms with E-state index in [-0.39, 0.29) is 40.4 Å². The van der Waals surface area contributed by atoms with Crippen molar-refractivity contribution < 1.29 is 17.6 Å². The van der Waals surface area contributed by atoms with E-state index < -0.39 is 21.7 Å². The monoisotopic (exact) mass is 466 g/mol. The van der Waals surface area contributed by atoms with E-state index in [1.54, 1.807) is 12.1 Å². The standard InChI is InChI=1S/C24H23FN4O3S/c1-13-19-10-20(19)23(28-13)24(30)29-18(12-27)7-16-5-3-14(8-21(16)25)15-4-6-17(11-26)22(9-15)33(2,31)32/h3-6,8-9,13,18-20,23,28H,7,10H2,1-2H3,(H,29,30)/t13-,18+,19?,20-,23+/m1/s1. The molecule has 0 aromatic heterocycles. The van der Waals surface area contributed by atoms with Gasteiger partial charge in [-0.1, -0.05) is 18.2 Å². The van der Waals surface area contributed by atoms with Crippen LogP contribution in [0.4, 0.5) is 4.39 Å². The van der Waals surface area contributed by atoms with Gasteiger partial charge in [0.2, 0.25) is 5.91 Å². The summed E-state index contributed by atoms with van der Waals surface area (Å²) in [5.41, 5.74) is 1.17. The Bertz CT molecular complexity index is 1310. The van der Waals surface area contributed by atoms with Crippen LogP contribution in [0, 0.1) is 40.3 Å². The number of sulfone groups is 1. The second kappa shape index (κ2) is 8.58. The number of nitrogens with one attached hydrogen (secondary N) is 2. The highest BCUT2D eigenvalue weighted by Crippen LogP contribution is 2.48. The lowest BCUT2D eigenvalue weighted by atomic mass is 9.99. The predicted octanol–water partition coefficient (Wildman–Crippen LogP) is 2.32. The van der Waals surface area contributed by atoms with Crippen LogP contribution in [-0.2, 0) is 21.1 Å². The molecule has 5 atom stereocenters. The summed E-state index contributed by atoms with van der Waals surface area (Å²) in [5, 5.41) is 24.6. The molecule has 1 amide bonds. The average molecular weight is 467 g/mol. The molecule has 0 radical (unpaired) electrons. The van der Waals surface area contributed by atoms with Gasteiger partial charge in [0.1, 0.15) is 17.9 Å². The SMILES string of the molecule is C[C@H]1N[C@H](C(=O)N[C@H](C#N)Cc2ccc(-c3ccc(C#N)c(S(C)(=O)=O)c3)cc2F)[C@@H]2CC21. The van der Waals surface area contributed by atoms with E-state index in [9.17, 15) is 22.9 Å². The molecule has 2 aliphatic rings. The topological polar surface area (TPSA) is 123 Å². The van der Waals surface area contributed by atoms with Crippen LogP contribution in [0.2, 0.25) is 0 Å². The van der Waals surface area contributed by atoms with Crippen molar-refractivity contribution in [3.8, 4) is 23.3 Å². The van der Waals surface area contributed by atoms with Gasteiger partial charge in [0.25, 0.3) is 0 Å². The molecule has 0 spiro atoms. The minimum atomic E-state index is -3.63. The molecule has 1 saturated heterocycles. The van der Waals surface area contributed by atoms with Crippen LogP contribution in [0.5, 0.6) is 0 Å². The van der Waals surface area contributed by atoms with Gasteiger partial charge in [0.05, 0.1) is 22.6 Å². The number of benzene rings is 2. The largest absolute Gasteiger partial charge is 0.339 e. The normalized spacial score (nSPS) is 24.3. The molecular formula is C24H23FN4O3S. The lowest BCUT2D eigenvalue weighted by Crippen LogP contribution is -2.48. The summed E-state index contributed by atoms with van der Waals surface area (Å²) in [6.07, 6.45) is 2.03. The van der Waals surface area contributed by atoms with Crippen molar-refractivity contribution in [2.75, 3.05) is 6.26 Å². The Kier molecular flexibility index (Phi) is 5.96. The molecule has 4 rings (SSSR count). The number of carbonyl (C=O) groups is 1. The van der Waals surface area contributed by atoms with Gasteiger partial charge in [-0.3, -0.25) is 4.79 Å². The maximum absolute atomic E-state index is 14.9. The van der Waals surface area contributed by atoms with Gasteiger partial charge in [0.15, 0.2) is 9.84 Å². The molecular weight excluding hydrogens is 443 g/mol. The lowest BCUT2D eigenvalue weighted by molar-refractivity contribution is -0.123. The molecule has 1 aliphatic heterocycles. The first-order chi connectivity index (χ1) is 15.6. The minimum absolute atomic E-state index is 0.00663. The van der Waals surface area contributed by atoms with Crippen molar-refractivity contribution in [3.05, 3.63) is 53.3 Å². The molecule has 33 heavy (non-hydrogen) atoms. The summed E-state index contributed by atoms with van der Waals surface area (Å²) >= 11 is 0. The molecule has 7 nitrogen and oxygen atoms in total. The van der Waals surface area contributed by atoms with Crippen LogP contribution >= 0.6 is 0 Å². The van der Waals surface area contributed by atoms with Crippen molar-refractivity contribution in [1.82, 2.24) is 10.6 Å². The zero-order chi connectivity index (χ0) is 23.9. The molecule has 170 valence electrons. The fourth-order valence-electron chi connectivity index (χ4n) is 4.60. The van der Waals surface area contributed by atoms with Gasteiger partial charge in [-0.2, -0.15) is 10.5 Å². The first-order valence-electron chi connectivity index (χ1n) is 10.6. The number of halogens is 1. The lowest BCUT2D eigenvalue weighted by Gasteiger charge is -2.19. The highest BCUT2D eigenvalue weighted by molar-refractivity contribution is 7.90. The van der Waals surface area contributed by atoms with E-state index in [2.05, 4.69) is 10.6 Å². The summed E-state index contributed by atoms with van der Waals surface area (Å²) in [7, 11) is -3.63. The quantitative estimate of drug-likeness (QED) is 0.674. The number of hydrogen-bond acceptors (Lipinski definition) is 6. The maximum atomic E-state index is 14.9. The summed E-state index contributed by atoms with van der Waals surface area (Å²) in [4.78, 5) is 12.5. The maximum Gasteiger partial charge on any atom is 0.238 e. The van der Waals surface area contributed by atoms with E-state index in [4.69, 9.17) is 5.26 Å². The Morgan fingerprint density at radius 1 is 1.21 bits per heavy atom. The highest BCUT2D eigenvalue weighted by Gasteiger charge is 2.54. The Hall–Kier alpha value is -3.27. The van der Waals surface area contributed by atoms with Crippen LogP contribution in [0.1, 0.15) is 24.5 Å². The van der Waals surface area contributed by atoms with Crippen molar-refractivity contribution in [1.29, 1.82) is 10.5 Å². The van der Waals surface area contributed by atoms with Gasteiger partial charge in [-0.25, -0.2) is 12.8 Å². The van der Waals surface area contributed by atoms with Gasteiger partial charge in [-0.15, -0.1) is 0 Å². The van der Waals surface area contributed by atoms with E-state index in [0.717, 1.165) is 12.7 Å². The number of carbonyl (C=O) groups excluding carboxylic acids is 1. The van der Waals surface area contributed by atoms with Crippen molar-refractivity contribution >= 4 is 15.7 Å². The number of hydrogen-bond donors (Lipinski definition) is 2. The summed E-state index contributed by atoms with van der Waals surface area (Å²) in [5.74, 6) is 0.0137. The predicted molar refractivity (Wildman–Crippen MR) is 119 cm³/mol. The van der Waals surface area contributed by atoms with Gasteiger partial charge < -0.3 is 10.6 Å². The van der Waals surface area contributed by atoms with Crippen LogP contribution in [0.15, 0.2) is 41.3 Å². The van der Waals surface area contributed by atoms with E-state index in [1.165, 1.54) is 24.3 Å². The molecule has 2 N–H and O–H groups in total. The number of nitriles is 2. The zero-order valence-corrected chi connectivity index (χ0v) is 19.0. The molecule has 1 unspecified atom stereocenters.